The van der Waals surface area contributed by atoms with Crippen molar-refractivity contribution in [2.75, 3.05) is 44.3 Å². The fraction of sp³-hybridized carbons (Fsp3) is 0.632. The van der Waals surface area contributed by atoms with E-state index < -0.39 is 0 Å². The second-order valence-corrected chi connectivity index (χ2v) is 7.26. The molecule has 7 nitrogen and oxygen atoms in total. The number of likely N-dealkylation sites (tertiary alicyclic amines) is 1. The number of anilines is 1. The van der Waals surface area contributed by atoms with Crippen LogP contribution in [-0.2, 0) is 14.3 Å². The van der Waals surface area contributed by atoms with E-state index in [1.807, 2.05) is 11.0 Å². The number of nitrogens with zero attached hydrogens (tertiary/aromatic N) is 4. The number of aromatic nitrogens is 2. The summed E-state index contributed by atoms with van der Waals surface area (Å²) in [6, 6.07) is 1.85. The predicted octanol–water partition coefficient (Wildman–Crippen LogP) is 1.82. The highest BCUT2D eigenvalue weighted by molar-refractivity contribution is 5.92. The summed E-state index contributed by atoms with van der Waals surface area (Å²) in [5, 5.41) is 0. The molecular formula is C19H26N4O3. The van der Waals surface area contributed by atoms with E-state index in [9.17, 15) is 4.79 Å². The van der Waals surface area contributed by atoms with Gasteiger partial charge in [0.15, 0.2) is 0 Å². The van der Waals surface area contributed by atoms with Gasteiger partial charge in [-0.25, -0.2) is 9.97 Å². The largest absolute Gasteiger partial charge is 0.491 e. The lowest BCUT2D eigenvalue weighted by molar-refractivity contribution is -0.131. The zero-order valence-corrected chi connectivity index (χ0v) is 15.3. The van der Waals surface area contributed by atoms with Gasteiger partial charge in [-0.3, -0.25) is 4.79 Å². The first-order chi connectivity index (χ1) is 12.7. The van der Waals surface area contributed by atoms with Gasteiger partial charge in [-0.2, -0.15) is 0 Å². The fourth-order valence-electron chi connectivity index (χ4n) is 4.24. The number of carbonyl (C=O) groups excluding carboxylic acids is 1. The van der Waals surface area contributed by atoms with Gasteiger partial charge in [0.05, 0.1) is 0 Å². The monoisotopic (exact) mass is 358 g/mol. The minimum atomic E-state index is -0.0141. The van der Waals surface area contributed by atoms with E-state index in [1.165, 1.54) is 0 Å². The van der Waals surface area contributed by atoms with Gasteiger partial charge in [0.2, 0.25) is 11.7 Å². The molecule has 4 heterocycles. The van der Waals surface area contributed by atoms with Crippen molar-refractivity contribution in [3.63, 3.8) is 0 Å². The summed E-state index contributed by atoms with van der Waals surface area (Å²) in [5.41, 5.74) is 0. The molecule has 2 saturated heterocycles. The molecule has 1 atom stereocenters. The third kappa shape index (κ3) is 3.48. The van der Waals surface area contributed by atoms with E-state index in [-0.39, 0.29) is 5.91 Å². The molecule has 0 N–H and O–H groups in total. The lowest BCUT2D eigenvalue weighted by atomic mass is 9.84. The van der Waals surface area contributed by atoms with Crippen LogP contribution in [0.25, 0.3) is 0 Å². The Bertz CT molecular complexity index is 671. The van der Waals surface area contributed by atoms with Gasteiger partial charge < -0.3 is 19.3 Å². The van der Waals surface area contributed by atoms with Gasteiger partial charge in [-0.05, 0) is 44.1 Å². The Balaban J connectivity index is 1.31. The lowest BCUT2D eigenvalue weighted by Crippen LogP contribution is -2.38. The first-order valence-electron chi connectivity index (χ1n) is 9.50. The van der Waals surface area contributed by atoms with E-state index in [0.29, 0.717) is 36.6 Å². The highest BCUT2D eigenvalue weighted by atomic mass is 16.6. The Morgan fingerprint density at radius 2 is 1.73 bits per heavy atom. The maximum absolute atomic E-state index is 12.7. The molecule has 26 heavy (non-hydrogen) atoms. The van der Waals surface area contributed by atoms with Gasteiger partial charge in [0, 0.05) is 38.6 Å². The number of rotatable bonds is 3. The molecule has 0 saturated carbocycles. The number of allylic oxidation sites excluding steroid dienone is 1. The van der Waals surface area contributed by atoms with Crippen LogP contribution in [0.2, 0.25) is 0 Å². The summed E-state index contributed by atoms with van der Waals surface area (Å²) in [6.45, 7) is 6.39. The molecule has 0 spiro atoms. The maximum atomic E-state index is 12.7. The number of carbonyl (C=O) groups is 1. The molecule has 0 radical (unpaired) electrons. The number of piperidine rings is 1. The average molecular weight is 358 g/mol. The molecule has 0 bridgehead atoms. The van der Waals surface area contributed by atoms with Crippen LogP contribution in [0.5, 0.6) is 0 Å². The molecule has 1 unspecified atom stereocenters. The number of amides is 1. The fourth-order valence-corrected chi connectivity index (χ4v) is 4.24. The van der Waals surface area contributed by atoms with Gasteiger partial charge >= 0.3 is 0 Å². The first-order valence-corrected chi connectivity index (χ1v) is 9.50. The van der Waals surface area contributed by atoms with Crippen LogP contribution >= 0.6 is 0 Å². The third-order valence-electron chi connectivity index (χ3n) is 5.72. The first kappa shape index (κ1) is 17.1. The molecular weight excluding hydrogens is 332 g/mol. The van der Waals surface area contributed by atoms with Gasteiger partial charge in [-0.1, -0.05) is 0 Å². The Labute approximate surface area is 154 Å². The van der Waals surface area contributed by atoms with Crippen LogP contribution < -0.4 is 4.90 Å². The molecule has 1 aromatic rings. The van der Waals surface area contributed by atoms with Crippen LogP contribution in [-0.4, -0.2) is 60.2 Å². The Morgan fingerprint density at radius 3 is 2.46 bits per heavy atom. The number of ether oxygens (including phenoxy) is 2. The van der Waals surface area contributed by atoms with Crippen molar-refractivity contribution < 1.29 is 14.3 Å². The van der Waals surface area contributed by atoms with Crippen molar-refractivity contribution in [2.24, 2.45) is 11.8 Å². The number of hydrogen-bond donors (Lipinski definition) is 0. The SMILES string of the molecule is CC1=C(C(=O)N2CCC(C3CCN(c4ncccn4)CC3)C2)OCCO1. The third-order valence-corrected chi connectivity index (χ3v) is 5.72. The zero-order valence-electron chi connectivity index (χ0n) is 15.3. The molecule has 140 valence electrons. The smallest absolute Gasteiger partial charge is 0.292 e. The van der Waals surface area contributed by atoms with E-state index in [2.05, 4.69) is 14.9 Å². The molecule has 1 amide bonds. The summed E-state index contributed by atoms with van der Waals surface area (Å²) >= 11 is 0. The van der Waals surface area contributed by atoms with Gasteiger partial charge in [0.25, 0.3) is 5.91 Å². The van der Waals surface area contributed by atoms with Crippen LogP contribution in [0.4, 0.5) is 5.95 Å². The quantitative estimate of drug-likeness (QED) is 0.821. The second kappa shape index (κ2) is 7.51. The molecule has 7 heteroatoms. The minimum Gasteiger partial charge on any atom is -0.491 e. The second-order valence-electron chi connectivity index (χ2n) is 7.26. The Hall–Kier alpha value is -2.31. The minimum absolute atomic E-state index is 0.0141. The molecule has 0 aliphatic carbocycles. The maximum Gasteiger partial charge on any atom is 0.292 e. The highest BCUT2D eigenvalue weighted by Crippen LogP contribution is 2.33. The van der Waals surface area contributed by atoms with Gasteiger partial charge in [-0.15, -0.1) is 0 Å². The molecule has 3 aliphatic rings. The van der Waals surface area contributed by atoms with E-state index >= 15 is 0 Å². The van der Waals surface area contributed by atoms with Gasteiger partial charge in [0.1, 0.15) is 19.0 Å². The average Bonchev–Trinajstić information content (AvgIpc) is 3.19. The predicted molar refractivity (Wildman–Crippen MR) is 96.3 cm³/mol. The van der Waals surface area contributed by atoms with Crippen molar-refractivity contribution >= 4 is 11.9 Å². The highest BCUT2D eigenvalue weighted by Gasteiger charge is 2.36. The standard InChI is InChI=1S/C19H26N4O3/c1-14-17(26-12-11-25-14)18(24)23-10-5-16(13-23)15-3-8-22(9-4-15)19-20-6-2-7-21-19/h2,6-7,15-16H,3-5,8-13H2,1H3. The summed E-state index contributed by atoms with van der Waals surface area (Å²) in [7, 11) is 0. The van der Waals surface area contributed by atoms with E-state index in [4.69, 9.17) is 9.47 Å². The van der Waals surface area contributed by atoms with Crippen LogP contribution in [0.15, 0.2) is 30.0 Å². The summed E-state index contributed by atoms with van der Waals surface area (Å²) in [6.07, 6.45) is 6.93. The number of hydrogen-bond acceptors (Lipinski definition) is 6. The van der Waals surface area contributed by atoms with Crippen molar-refractivity contribution in [1.82, 2.24) is 14.9 Å². The normalized spacial score (nSPS) is 24.4. The van der Waals surface area contributed by atoms with Crippen molar-refractivity contribution in [3.05, 3.63) is 30.0 Å². The summed E-state index contributed by atoms with van der Waals surface area (Å²) < 4.78 is 11.0. The summed E-state index contributed by atoms with van der Waals surface area (Å²) in [4.78, 5) is 25.6. The van der Waals surface area contributed by atoms with Crippen LogP contribution in [0, 0.1) is 11.8 Å². The van der Waals surface area contributed by atoms with Crippen LogP contribution in [0.3, 0.4) is 0 Å². The van der Waals surface area contributed by atoms with Crippen molar-refractivity contribution in [2.45, 2.75) is 26.2 Å². The Kier molecular flexibility index (Phi) is 4.95. The molecule has 4 rings (SSSR count). The van der Waals surface area contributed by atoms with Crippen molar-refractivity contribution in [1.29, 1.82) is 0 Å². The van der Waals surface area contributed by atoms with E-state index in [0.717, 1.165) is 51.4 Å². The molecule has 1 aromatic heterocycles. The van der Waals surface area contributed by atoms with Crippen LogP contribution in [0.1, 0.15) is 26.2 Å². The van der Waals surface area contributed by atoms with E-state index in [1.54, 1.807) is 19.3 Å². The Morgan fingerprint density at radius 1 is 1.04 bits per heavy atom. The summed E-state index contributed by atoms with van der Waals surface area (Å²) in [5.74, 6) is 3.05. The zero-order chi connectivity index (χ0) is 17.9. The molecule has 3 aliphatic heterocycles. The lowest BCUT2D eigenvalue weighted by Gasteiger charge is -2.34. The molecule has 0 aromatic carbocycles. The van der Waals surface area contributed by atoms with Crippen molar-refractivity contribution in [3.8, 4) is 0 Å². The topological polar surface area (TPSA) is 67.8 Å². The molecule has 2 fully saturated rings.